The van der Waals surface area contributed by atoms with E-state index in [-0.39, 0.29) is 12.4 Å². The van der Waals surface area contributed by atoms with Gasteiger partial charge >= 0.3 is 0 Å². The molecule has 5 aromatic rings. The van der Waals surface area contributed by atoms with Crippen LogP contribution in [-0.4, -0.2) is 25.6 Å². The minimum absolute atomic E-state index is 0.191. The van der Waals surface area contributed by atoms with Crippen molar-refractivity contribution in [2.24, 2.45) is 0 Å². The Morgan fingerprint density at radius 1 is 1.10 bits per heavy atom. The molecule has 0 saturated carbocycles. The molecule has 0 aliphatic rings. The first-order valence-electron chi connectivity index (χ1n) is 9.52. The minimum atomic E-state index is -0.408. The number of halogens is 1. The van der Waals surface area contributed by atoms with Crippen LogP contribution in [0.3, 0.4) is 0 Å². The lowest BCUT2D eigenvalue weighted by Crippen LogP contribution is -1.98. The molecule has 2 aromatic carbocycles. The standard InChI is InChI=1S/C23H17FN4OS2/c1-30-22-25-10-9-18(26-22)21-20(27-23-28(21)11-12-31-23)16-7-8-17(24)19(13-16)29-14-15-5-3-2-4-6-15/h2-13H,14H2,1H3. The fraction of sp³-hybridized carbons (Fsp3) is 0.0870. The largest absolute Gasteiger partial charge is 0.486 e. The lowest BCUT2D eigenvalue weighted by molar-refractivity contribution is 0.290. The number of thiazole rings is 1. The van der Waals surface area contributed by atoms with Crippen LogP contribution in [0, 0.1) is 5.82 Å². The summed E-state index contributed by atoms with van der Waals surface area (Å²) in [4.78, 5) is 14.6. The number of thioether (sulfide) groups is 1. The molecule has 3 heterocycles. The number of hydrogen-bond acceptors (Lipinski definition) is 6. The molecule has 31 heavy (non-hydrogen) atoms. The topological polar surface area (TPSA) is 52.3 Å². The lowest BCUT2D eigenvalue weighted by atomic mass is 10.1. The molecule has 0 amide bonds. The van der Waals surface area contributed by atoms with Crippen LogP contribution < -0.4 is 4.74 Å². The van der Waals surface area contributed by atoms with Crippen molar-refractivity contribution in [1.29, 1.82) is 0 Å². The third-order valence-electron chi connectivity index (χ3n) is 4.76. The second-order valence-electron chi connectivity index (χ2n) is 6.71. The Hall–Kier alpha value is -3.23. The monoisotopic (exact) mass is 448 g/mol. The summed E-state index contributed by atoms with van der Waals surface area (Å²) in [6.07, 6.45) is 5.64. The van der Waals surface area contributed by atoms with Crippen molar-refractivity contribution in [3.05, 3.63) is 83.8 Å². The molecule has 0 saturated heterocycles. The van der Waals surface area contributed by atoms with E-state index in [4.69, 9.17) is 9.72 Å². The number of benzene rings is 2. The van der Waals surface area contributed by atoms with Crippen LogP contribution >= 0.6 is 23.1 Å². The molecule has 154 valence electrons. The van der Waals surface area contributed by atoms with E-state index >= 15 is 0 Å². The van der Waals surface area contributed by atoms with Gasteiger partial charge in [0.25, 0.3) is 0 Å². The summed E-state index contributed by atoms with van der Waals surface area (Å²) in [5, 5.41) is 2.66. The predicted octanol–water partition coefficient (Wildman–Crippen LogP) is 5.96. The summed E-state index contributed by atoms with van der Waals surface area (Å²) in [5.41, 5.74) is 4.06. The summed E-state index contributed by atoms with van der Waals surface area (Å²) in [6.45, 7) is 0.287. The molecule has 5 nitrogen and oxygen atoms in total. The summed E-state index contributed by atoms with van der Waals surface area (Å²) in [5.74, 6) is -0.217. The first-order valence-corrected chi connectivity index (χ1v) is 11.6. The molecule has 3 aromatic heterocycles. The van der Waals surface area contributed by atoms with Crippen LogP contribution in [0.15, 0.2) is 77.5 Å². The molecule has 0 bridgehead atoms. The zero-order valence-electron chi connectivity index (χ0n) is 16.5. The average Bonchev–Trinajstić information content (AvgIpc) is 3.41. The van der Waals surface area contributed by atoms with Gasteiger partial charge in [-0.15, -0.1) is 11.3 Å². The van der Waals surface area contributed by atoms with Crippen molar-refractivity contribution in [3.63, 3.8) is 0 Å². The first kappa shape index (κ1) is 19.7. The Morgan fingerprint density at radius 2 is 1.97 bits per heavy atom. The number of rotatable bonds is 6. The van der Waals surface area contributed by atoms with Crippen molar-refractivity contribution < 1.29 is 9.13 Å². The van der Waals surface area contributed by atoms with Crippen LogP contribution in [-0.2, 0) is 6.61 Å². The first-order chi connectivity index (χ1) is 15.2. The Balaban J connectivity index is 1.57. The quantitative estimate of drug-likeness (QED) is 0.237. The number of aromatic nitrogens is 4. The Kier molecular flexibility index (Phi) is 5.40. The highest BCUT2D eigenvalue weighted by atomic mass is 32.2. The van der Waals surface area contributed by atoms with Gasteiger partial charge in [-0.25, -0.2) is 19.3 Å². The second-order valence-corrected chi connectivity index (χ2v) is 8.36. The maximum Gasteiger partial charge on any atom is 0.194 e. The zero-order valence-corrected chi connectivity index (χ0v) is 18.2. The van der Waals surface area contributed by atoms with E-state index < -0.39 is 5.82 Å². The van der Waals surface area contributed by atoms with Gasteiger partial charge in [0, 0.05) is 23.3 Å². The van der Waals surface area contributed by atoms with Gasteiger partial charge in [-0.05, 0) is 36.1 Å². The Bertz CT molecular complexity index is 1350. The molecule has 0 aliphatic heterocycles. The fourth-order valence-corrected chi connectivity index (χ4v) is 4.37. The molecule has 0 fully saturated rings. The highest BCUT2D eigenvalue weighted by Crippen LogP contribution is 2.35. The molecule has 0 unspecified atom stereocenters. The van der Waals surface area contributed by atoms with E-state index in [0.717, 1.165) is 33.2 Å². The van der Waals surface area contributed by atoms with Crippen LogP contribution in [0.4, 0.5) is 4.39 Å². The molecule has 5 rings (SSSR count). The number of nitrogens with zero attached hydrogens (tertiary/aromatic N) is 4. The Morgan fingerprint density at radius 3 is 2.81 bits per heavy atom. The number of imidazole rings is 1. The maximum absolute atomic E-state index is 14.5. The molecule has 8 heteroatoms. The molecule has 0 aliphatic carbocycles. The van der Waals surface area contributed by atoms with Crippen molar-refractivity contribution in [3.8, 4) is 28.4 Å². The summed E-state index contributed by atoms with van der Waals surface area (Å²) in [7, 11) is 0. The smallest absolute Gasteiger partial charge is 0.194 e. The zero-order chi connectivity index (χ0) is 21.2. The summed E-state index contributed by atoms with van der Waals surface area (Å²) < 4.78 is 22.3. The second kappa shape index (κ2) is 8.49. The maximum atomic E-state index is 14.5. The van der Waals surface area contributed by atoms with Crippen molar-refractivity contribution >= 4 is 28.1 Å². The van der Waals surface area contributed by atoms with E-state index in [1.807, 2.05) is 58.6 Å². The molecule has 0 spiro atoms. The van der Waals surface area contributed by atoms with Crippen molar-refractivity contribution in [2.75, 3.05) is 6.26 Å². The van der Waals surface area contributed by atoms with Gasteiger partial charge in [0.1, 0.15) is 12.3 Å². The van der Waals surface area contributed by atoms with Crippen LogP contribution in [0.2, 0.25) is 0 Å². The lowest BCUT2D eigenvalue weighted by Gasteiger charge is -2.10. The number of hydrogen-bond donors (Lipinski definition) is 0. The minimum Gasteiger partial charge on any atom is -0.486 e. The van der Waals surface area contributed by atoms with E-state index in [1.165, 1.54) is 29.2 Å². The van der Waals surface area contributed by atoms with Gasteiger partial charge in [-0.1, -0.05) is 42.1 Å². The average molecular weight is 449 g/mol. The van der Waals surface area contributed by atoms with Crippen LogP contribution in [0.5, 0.6) is 5.75 Å². The van der Waals surface area contributed by atoms with Gasteiger partial charge in [-0.3, -0.25) is 4.40 Å². The predicted molar refractivity (Wildman–Crippen MR) is 122 cm³/mol. The van der Waals surface area contributed by atoms with Gasteiger partial charge in [-0.2, -0.15) is 0 Å². The van der Waals surface area contributed by atoms with Crippen molar-refractivity contribution in [2.45, 2.75) is 11.8 Å². The third kappa shape index (κ3) is 3.92. The highest BCUT2D eigenvalue weighted by Gasteiger charge is 2.19. The molecular weight excluding hydrogens is 431 g/mol. The van der Waals surface area contributed by atoms with Crippen LogP contribution in [0.1, 0.15) is 5.56 Å². The van der Waals surface area contributed by atoms with E-state index in [9.17, 15) is 4.39 Å². The molecule has 0 radical (unpaired) electrons. The summed E-state index contributed by atoms with van der Waals surface area (Å²) >= 11 is 3.01. The Labute approximate surface area is 186 Å². The van der Waals surface area contributed by atoms with Crippen LogP contribution in [0.25, 0.3) is 27.6 Å². The normalized spacial score (nSPS) is 11.2. The number of fused-ring (bicyclic) bond motifs is 1. The summed E-state index contributed by atoms with van der Waals surface area (Å²) in [6, 6.07) is 16.4. The molecule has 0 atom stereocenters. The van der Waals surface area contributed by atoms with E-state index in [2.05, 4.69) is 9.97 Å². The SMILES string of the molecule is CSc1nccc(-c2c(-c3ccc(F)c(OCc4ccccc4)c3)nc3sccn23)n1. The highest BCUT2D eigenvalue weighted by molar-refractivity contribution is 7.98. The van der Waals surface area contributed by atoms with E-state index in [1.54, 1.807) is 18.3 Å². The van der Waals surface area contributed by atoms with Gasteiger partial charge < -0.3 is 4.74 Å². The van der Waals surface area contributed by atoms with E-state index in [0.29, 0.717) is 5.16 Å². The third-order valence-corrected chi connectivity index (χ3v) is 6.08. The van der Waals surface area contributed by atoms with Crippen molar-refractivity contribution in [1.82, 2.24) is 19.4 Å². The van der Waals surface area contributed by atoms with Gasteiger partial charge in [0.05, 0.1) is 11.4 Å². The number of ether oxygens (including phenoxy) is 1. The molecular formula is C23H17FN4OS2. The fourth-order valence-electron chi connectivity index (χ4n) is 3.30. The van der Waals surface area contributed by atoms with Gasteiger partial charge in [0.15, 0.2) is 21.7 Å². The van der Waals surface area contributed by atoms with Gasteiger partial charge in [0.2, 0.25) is 0 Å². The molecule has 0 N–H and O–H groups in total.